The molecule has 0 aliphatic carbocycles. The first kappa shape index (κ1) is 13.9. The van der Waals surface area contributed by atoms with Crippen molar-refractivity contribution in [2.45, 2.75) is 6.42 Å². The van der Waals surface area contributed by atoms with Gasteiger partial charge in [0.15, 0.2) is 0 Å². The highest BCUT2D eigenvalue weighted by atomic mass is 127. The molecule has 0 aliphatic heterocycles. The fourth-order valence-electron chi connectivity index (χ4n) is 1.78. The van der Waals surface area contributed by atoms with Crippen LogP contribution >= 0.6 is 22.6 Å². The number of benzene rings is 2. The summed E-state index contributed by atoms with van der Waals surface area (Å²) < 4.78 is 6.26. The molecule has 0 aliphatic rings. The summed E-state index contributed by atoms with van der Waals surface area (Å²) in [6, 6.07) is 15.2. The molecular formula is C15H14INO2. The third-order valence-corrected chi connectivity index (χ3v) is 3.63. The Bertz CT molecular complexity index is 584. The second-order valence-corrected chi connectivity index (χ2v) is 5.18. The number of hydrogen-bond acceptors (Lipinski definition) is 2. The normalized spacial score (nSPS) is 10.0. The van der Waals surface area contributed by atoms with Crippen LogP contribution in [-0.2, 0) is 11.2 Å². The van der Waals surface area contributed by atoms with Crippen molar-refractivity contribution in [1.82, 2.24) is 0 Å². The maximum atomic E-state index is 12.0. The number of carbonyl (C=O) groups is 1. The second kappa shape index (κ2) is 6.56. The number of carbonyl (C=O) groups excluding carboxylic acids is 1. The quantitative estimate of drug-likeness (QED) is 0.841. The van der Waals surface area contributed by atoms with Crippen LogP contribution in [0.15, 0.2) is 48.5 Å². The molecule has 2 rings (SSSR count). The number of ether oxygens (including phenoxy) is 1. The van der Waals surface area contributed by atoms with Crippen LogP contribution in [0.3, 0.4) is 0 Å². The Morgan fingerprint density at radius 1 is 1.16 bits per heavy atom. The average molecular weight is 367 g/mol. The third-order valence-electron chi connectivity index (χ3n) is 2.69. The number of hydrogen-bond donors (Lipinski definition) is 1. The van der Waals surface area contributed by atoms with Gasteiger partial charge in [-0.3, -0.25) is 4.79 Å². The molecule has 0 fully saturated rings. The molecule has 4 heteroatoms. The van der Waals surface area contributed by atoms with Crippen molar-refractivity contribution >= 4 is 34.2 Å². The van der Waals surface area contributed by atoms with Crippen LogP contribution in [0, 0.1) is 3.57 Å². The third kappa shape index (κ3) is 3.70. The van der Waals surface area contributed by atoms with Crippen LogP contribution in [0.25, 0.3) is 0 Å². The molecule has 0 saturated heterocycles. The Morgan fingerprint density at radius 2 is 1.84 bits per heavy atom. The lowest BCUT2D eigenvalue weighted by Gasteiger charge is -2.09. The van der Waals surface area contributed by atoms with Gasteiger partial charge in [-0.1, -0.05) is 30.3 Å². The molecule has 0 bridgehead atoms. The predicted molar refractivity (Wildman–Crippen MR) is 84.5 cm³/mol. The summed E-state index contributed by atoms with van der Waals surface area (Å²) in [6.07, 6.45) is 0.301. The van der Waals surface area contributed by atoms with E-state index in [0.29, 0.717) is 6.42 Å². The van der Waals surface area contributed by atoms with Gasteiger partial charge in [0.05, 0.1) is 19.2 Å². The largest absolute Gasteiger partial charge is 0.496 e. The highest BCUT2D eigenvalue weighted by Gasteiger charge is 2.09. The van der Waals surface area contributed by atoms with E-state index in [0.717, 1.165) is 20.6 Å². The van der Waals surface area contributed by atoms with Crippen LogP contribution in [0.1, 0.15) is 5.56 Å². The maximum Gasteiger partial charge on any atom is 0.228 e. The molecular weight excluding hydrogens is 353 g/mol. The Labute approximate surface area is 126 Å². The summed E-state index contributed by atoms with van der Waals surface area (Å²) in [5.41, 5.74) is 1.72. The standard InChI is InChI=1S/C15H14INO2/c1-19-14-9-5-2-6-11(14)10-15(18)17-13-8-4-3-7-12(13)16/h2-9H,10H2,1H3,(H,17,18). The zero-order chi connectivity index (χ0) is 13.7. The lowest BCUT2D eigenvalue weighted by atomic mass is 10.1. The van der Waals surface area contributed by atoms with Gasteiger partial charge >= 0.3 is 0 Å². The highest BCUT2D eigenvalue weighted by Crippen LogP contribution is 2.20. The summed E-state index contributed by atoms with van der Waals surface area (Å²) in [5, 5.41) is 2.91. The lowest BCUT2D eigenvalue weighted by Crippen LogP contribution is -2.15. The SMILES string of the molecule is COc1ccccc1CC(=O)Nc1ccccc1I. The summed E-state index contributed by atoms with van der Waals surface area (Å²) >= 11 is 2.20. The number of para-hydroxylation sites is 2. The fourth-order valence-corrected chi connectivity index (χ4v) is 2.30. The molecule has 3 nitrogen and oxygen atoms in total. The molecule has 0 unspecified atom stereocenters. The van der Waals surface area contributed by atoms with Crippen molar-refractivity contribution in [2.24, 2.45) is 0 Å². The van der Waals surface area contributed by atoms with Gasteiger partial charge in [-0.2, -0.15) is 0 Å². The van der Waals surface area contributed by atoms with Gasteiger partial charge in [0.1, 0.15) is 5.75 Å². The van der Waals surface area contributed by atoms with E-state index in [1.807, 2.05) is 48.5 Å². The number of anilines is 1. The van der Waals surface area contributed by atoms with Crippen molar-refractivity contribution in [3.05, 3.63) is 57.7 Å². The van der Waals surface area contributed by atoms with Crippen molar-refractivity contribution in [3.63, 3.8) is 0 Å². The van der Waals surface area contributed by atoms with Gasteiger partial charge < -0.3 is 10.1 Å². The van der Waals surface area contributed by atoms with Crippen LogP contribution in [0.4, 0.5) is 5.69 Å². The monoisotopic (exact) mass is 367 g/mol. The van der Waals surface area contributed by atoms with E-state index < -0.39 is 0 Å². The molecule has 98 valence electrons. The number of rotatable bonds is 4. The Morgan fingerprint density at radius 3 is 2.58 bits per heavy atom. The molecule has 2 aromatic carbocycles. The van der Waals surface area contributed by atoms with Crippen LogP contribution in [0.5, 0.6) is 5.75 Å². The molecule has 1 amide bonds. The van der Waals surface area contributed by atoms with E-state index in [1.165, 1.54) is 0 Å². The molecule has 0 heterocycles. The predicted octanol–water partition coefficient (Wildman–Crippen LogP) is 3.48. The molecule has 0 spiro atoms. The van der Waals surface area contributed by atoms with Gasteiger partial charge in [0.25, 0.3) is 0 Å². The zero-order valence-corrected chi connectivity index (χ0v) is 12.7. The molecule has 2 aromatic rings. The topological polar surface area (TPSA) is 38.3 Å². The van der Waals surface area contributed by atoms with Gasteiger partial charge in [0, 0.05) is 9.13 Å². The number of amides is 1. The molecule has 1 N–H and O–H groups in total. The van der Waals surface area contributed by atoms with E-state index in [-0.39, 0.29) is 5.91 Å². The summed E-state index contributed by atoms with van der Waals surface area (Å²) in [7, 11) is 1.61. The van der Waals surface area contributed by atoms with E-state index in [2.05, 4.69) is 27.9 Å². The molecule has 0 atom stereocenters. The van der Waals surface area contributed by atoms with Gasteiger partial charge in [-0.25, -0.2) is 0 Å². The summed E-state index contributed by atoms with van der Waals surface area (Å²) in [5.74, 6) is 0.689. The minimum atomic E-state index is -0.0476. The maximum absolute atomic E-state index is 12.0. The Kier molecular flexibility index (Phi) is 4.79. The minimum Gasteiger partial charge on any atom is -0.496 e. The van der Waals surface area contributed by atoms with Crippen molar-refractivity contribution < 1.29 is 9.53 Å². The van der Waals surface area contributed by atoms with Crippen molar-refractivity contribution in [3.8, 4) is 5.75 Å². The van der Waals surface area contributed by atoms with Crippen LogP contribution < -0.4 is 10.1 Å². The minimum absolute atomic E-state index is 0.0476. The number of methoxy groups -OCH3 is 1. The fraction of sp³-hybridized carbons (Fsp3) is 0.133. The van der Waals surface area contributed by atoms with E-state index >= 15 is 0 Å². The second-order valence-electron chi connectivity index (χ2n) is 4.02. The Balaban J connectivity index is 2.08. The first-order valence-electron chi connectivity index (χ1n) is 5.87. The van der Waals surface area contributed by atoms with E-state index in [1.54, 1.807) is 7.11 Å². The van der Waals surface area contributed by atoms with E-state index in [9.17, 15) is 4.79 Å². The number of nitrogens with one attached hydrogen (secondary N) is 1. The molecule has 0 saturated carbocycles. The highest BCUT2D eigenvalue weighted by molar-refractivity contribution is 14.1. The zero-order valence-electron chi connectivity index (χ0n) is 10.5. The smallest absolute Gasteiger partial charge is 0.228 e. The van der Waals surface area contributed by atoms with Gasteiger partial charge in [-0.15, -0.1) is 0 Å². The van der Waals surface area contributed by atoms with E-state index in [4.69, 9.17) is 4.74 Å². The van der Waals surface area contributed by atoms with Crippen LogP contribution in [0.2, 0.25) is 0 Å². The first-order chi connectivity index (χ1) is 9.20. The summed E-state index contributed by atoms with van der Waals surface area (Å²) in [6.45, 7) is 0. The molecule has 0 radical (unpaired) electrons. The molecule has 0 aromatic heterocycles. The first-order valence-corrected chi connectivity index (χ1v) is 6.95. The number of halogens is 1. The Hall–Kier alpha value is -1.56. The summed E-state index contributed by atoms with van der Waals surface area (Å²) in [4.78, 5) is 12.0. The van der Waals surface area contributed by atoms with Gasteiger partial charge in [0.2, 0.25) is 5.91 Å². The average Bonchev–Trinajstić information content (AvgIpc) is 2.42. The van der Waals surface area contributed by atoms with Crippen molar-refractivity contribution in [2.75, 3.05) is 12.4 Å². The van der Waals surface area contributed by atoms with Crippen LogP contribution in [-0.4, -0.2) is 13.0 Å². The molecule has 19 heavy (non-hydrogen) atoms. The van der Waals surface area contributed by atoms with Gasteiger partial charge in [-0.05, 0) is 40.8 Å². The van der Waals surface area contributed by atoms with Crippen molar-refractivity contribution in [1.29, 1.82) is 0 Å². The lowest BCUT2D eigenvalue weighted by molar-refractivity contribution is -0.115.